The maximum Gasteiger partial charge on any atom is 0.340 e. The second-order valence-corrected chi connectivity index (χ2v) is 4.05. The molecular weight excluding hydrogens is 244 g/mol. The Balaban J connectivity index is 2.08. The Hall–Kier alpha value is -1.71. The van der Waals surface area contributed by atoms with Gasteiger partial charge in [0, 0.05) is 0 Å². The van der Waals surface area contributed by atoms with E-state index in [1.165, 1.54) is 12.1 Å². The normalized spacial score (nSPS) is 37.9. The summed E-state index contributed by atoms with van der Waals surface area (Å²) in [5.41, 5.74) is 0. The highest BCUT2D eigenvalue weighted by atomic mass is 16.7. The fraction of sp³-hybridized carbons (Fsp3) is 0.700. The number of carbonyl (C=O) groups is 1. The van der Waals surface area contributed by atoms with Crippen LogP contribution in [-0.4, -0.2) is 53.5 Å². The fourth-order valence-electron chi connectivity index (χ4n) is 1.93. The lowest BCUT2D eigenvalue weighted by molar-refractivity contribution is -0.238. The second-order valence-electron chi connectivity index (χ2n) is 4.05. The van der Waals surface area contributed by atoms with Crippen molar-refractivity contribution in [2.24, 2.45) is 5.92 Å². The molecule has 0 aromatic heterocycles. The van der Waals surface area contributed by atoms with Crippen LogP contribution in [0.5, 0.6) is 0 Å². The molecule has 2 rings (SSSR count). The van der Waals surface area contributed by atoms with Crippen LogP contribution in [0, 0.1) is 28.6 Å². The molecule has 2 saturated heterocycles. The average molecular weight is 254 g/mol. The van der Waals surface area contributed by atoms with Crippen LogP contribution in [0.4, 0.5) is 0 Å². The van der Waals surface area contributed by atoms with Crippen LogP contribution in [0.1, 0.15) is 0 Å². The van der Waals surface area contributed by atoms with Gasteiger partial charge in [0.05, 0.1) is 18.7 Å². The number of aliphatic hydroxyl groups excluding tert-OH is 1. The number of esters is 1. The molecule has 2 N–H and O–H groups in total. The summed E-state index contributed by atoms with van der Waals surface area (Å²) in [6.07, 6.45) is -2.72. The lowest BCUT2D eigenvalue weighted by Crippen LogP contribution is -2.48. The molecule has 0 aliphatic carbocycles. The van der Waals surface area contributed by atoms with Crippen molar-refractivity contribution < 1.29 is 29.2 Å². The molecule has 96 valence electrons. The van der Waals surface area contributed by atoms with Gasteiger partial charge in [-0.2, -0.15) is 10.5 Å². The van der Waals surface area contributed by atoms with E-state index in [1.807, 2.05) is 0 Å². The number of nitrogens with zero attached hydrogens (tertiary/aromatic N) is 2. The third-order valence-electron chi connectivity index (χ3n) is 2.82. The molecular formula is C10H10N2O6. The third-order valence-corrected chi connectivity index (χ3v) is 2.82. The van der Waals surface area contributed by atoms with Gasteiger partial charge in [-0.3, -0.25) is 0 Å². The predicted octanol–water partition coefficient (Wildman–Crippen LogP) is -1.96. The zero-order valence-corrected chi connectivity index (χ0v) is 9.15. The van der Waals surface area contributed by atoms with Gasteiger partial charge in [0.25, 0.3) is 5.79 Å². The molecule has 2 fully saturated rings. The third kappa shape index (κ3) is 1.92. The van der Waals surface area contributed by atoms with Crippen molar-refractivity contribution >= 4 is 5.97 Å². The van der Waals surface area contributed by atoms with E-state index in [1.54, 1.807) is 0 Å². The lowest BCUT2D eigenvalue weighted by atomic mass is 10.1. The van der Waals surface area contributed by atoms with Gasteiger partial charge >= 0.3 is 5.97 Å². The maximum absolute atomic E-state index is 11.4. The number of carbonyl (C=O) groups excluding carboxylic acids is 1. The zero-order chi connectivity index (χ0) is 13.3. The predicted molar refractivity (Wildman–Crippen MR) is 51.2 cm³/mol. The molecule has 0 saturated carbocycles. The number of nitriles is 2. The summed E-state index contributed by atoms with van der Waals surface area (Å²) in [5, 5.41) is 36.6. The van der Waals surface area contributed by atoms with Gasteiger partial charge in [0.1, 0.15) is 18.8 Å². The van der Waals surface area contributed by atoms with Crippen LogP contribution in [0.3, 0.4) is 0 Å². The Labute approximate surface area is 102 Å². The van der Waals surface area contributed by atoms with Gasteiger partial charge in [0.2, 0.25) is 5.92 Å². The van der Waals surface area contributed by atoms with Gasteiger partial charge in [-0.15, -0.1) is 0 Å². The van der Waals surface area contributed by atoms with Gasteiger partial charge < -0.3 is 24.4 Å². The molecule has 8 nitrogen and oxygen atoms in total. The highest BCUT2D eigenvalue weighted by Gasteiger charge is 2.59. The van der Waals surface area contributed by atoms with E-state index in [4.69, 9.17) is 24.7 Å². The highest BCUT2D eigenvalue weighted by molar-refractivity contribution is 5.78. The quantitative estimate of drug-likeness (QED) is 0.428. The summed E-state index contributed by atoms with van der Waals surface area (Å²) >= 11 is 0. The molecule has 0 amide bonds. The Morgan fingerprint density at radius 3 is 2.72 bits per heavy atom. The number of rotatable bonds is 2. The summed E-state index contributed by atoms with van der Waals surface area (Å²) in [6.45, 7) is -0.427. The largest absolute Gasteiger partial charge is 0.426 e. The second kappa shape index (κ2) is 4.52. The van der Waals surface area contributed by atoms with Crippen molar-refractivity contribution in [2.75, 3.05) is 13.2 Å². The molecule has 2 aliphatic heterocycles. The van der Waals surface area contributed by atoms with Crippen LogP contribution in [0.15, 0.2) is 0 Å². The Kier molecular flexibility index (Phi) is 3.20. The summed E-state index contributed by atoms with van der Waals surface area (Å²) in [4.78, 5) is 11.4. The molecule has 4 atom stereocenters. The number of ether oxygens (including phenoxy) is 3. The molecule has 0 aromatic carbocycles. The first-order valence-electron chi connectivity index (χ1n) is 5.17. The highest BCUT2D eigenvalue weighted by Crippen LogP contribution is 2.35. The molecule has 8 heteroatoms. The van der Waals surface area contributed by atoms with E-state index in [0.717, 1.165) is 0 Å². The minimum atomic E-state index is -2.08. The first kappa shape index (κ1) is 12.7. The minimum absolute atomic E-state index is 0.0465. The minimum Gasteiger partial charge on any atom is -0.426 e. The van der Waals surface area contributed by atoms with E-state index in [0.29, 0.717) is 0 Å². The van der Waals surface area contributed by atoms with Crippen molar-refractivity contribution in [2.45, 2.75) is 24.1 Å². The Morgan fingerprint density at radius 1 is 1.44 bits per heavy atom. The molecule has 18 heavy (non-hydrogen) atoms. The SMILES string of the molecule is N#CC(C#N)C(=O)O[C@@]1(O)CO[C@@H]2[C@H](O)CO[C@@H]21. The topological polar surface area (TPSA) is 133 Å². The zero-order valence-electron chi connectivity index (χ0n) is 9.15. The Morgan fingerprint density at radius 2 is 2.11 bits per heavy atom. The number of fused-ring (bicyclic) bond motifs is 1. The van der Waals surface area contributed by atoms with Gasteiger partial charge in [-0.05, 0) is 0 Å². The molecule has 0 spiro atoms. The van der Waals surface area contributed by atoms with E-state index in [-0.39, 0.29) is 13.2 Å². The van der Waals surface area contributed by atoms with Gasteiger partial charge in [-0.25, -0.2) is 4.79 Å². The molecule has 2 heterocycles. The van der Waals surface area contributed by atoms with E-state index in [2.05, 4.69) is 0 Å². The van der Waals surface area contributed by atoms with Gasteiger partial charge in [0.15, 0.2) is 6.10 Å². The first-order chi connectivity index (χ1) is 8.51. The fourth-order valence-corrected chi connectivity index (χ4v) is 1.93. The van der Waals surface area contributed by atoms with Gasteiger partial charge in [-0.1, -0.05) is 0 Å². The van der Waals surface area contributed by atoms with Crippen molar-refractivity contribution in [1.82, 2.24) is 0 Å². The lowest BCUT2D eigenvalue weighted by Gasteiger charge is -2.26. The molecule has 0 unspecified atom stereocenters. The summed E-state index contributed by atoms with van der Waals surface area (Å²) in [5.74, 6) is -4.87. The Bertz CT molecular complexity index is 427. The number of hydrogen-bond acceptors (Lipinski definition) is 8. The summed E-state index contributed by atoms with van der Waals surface area (Å²) in [6, 6.07) is 2.87. The van der Waals surface area contributed by atoms with E-state index < -0.39 is 36.0 Å². The van der Waals surface area contributed by atoms with Crippen molar-refractivity contribution in [1.29, 1.82) is 10.5 Å². The van der Waals surface area contributed by atoms with E-state index in [9.17, 15) is 15.0 Å². The smallest absolute Gasteiger partial charge is 0.340 e. The average Bonchev–Trinajstić information content (AvgIpc) is 2.84. The number of aliphatic hydroxyl groups is 2. The number of hydrogen-bond donors (Lipinski definition) is 2. The van der Waals surface area contributed by atoms with Crippen LogP contribution in [-0.2, 0) is 19.0 Å². The monoisotopic (exact) mass is 254 g/mol. The maximum atomic E-state index is 11.4. The van der Waals surface area contributed by atoms with Crippen LogP contribution in [0.2, 0.25) is 0 Å². The molecule has 0 aromatic rings. The summed E-state index contributed by atoms with van der Waals surface area (Å²) in [7, 11) is 0. The van der Waals surface area contributed by atoms with E-state index >= 15 is 0 Å². The molecule has 0 radical (unpaired) electrons. The molecule has 2 aliphatic rings. The van der Waals surface area contributed by atoms with Crippen molar-refractivity contribution in [3.05, 3.63) is 0 Å². The van der Waals surface area contributed by atoms with Crippen molar-refractivity contribution in [3.8, 4) is 12.1 Å². The van der Waals surface area contributed by atoms with Crippen LogP contribution < -0.4 is 0 Å². The van der Waals surface area contributed by atoms with Crippen LogP contribution >= 0.6 is 0 Å². The standard InChI is InChI=1S/C10H10N2O6/c11-1-5(2-12)9(14)18-10(15)4-17-7-6(13)3-16-8(7)10/h5-8,13,15H,3-4H2/t6-,7-,8+,10+/m1/s1. The first-order valence-corrected chi connectivity index (χ1v) is 5.17. The molecule has 0 bridgehead atoms. The van der Waals surface area contributed by atoms with Crippen molar-refractivity contribution in [3.63, 3.8) is 0 Å². The summed E-state index contributed by atoms with van der Waals surface area (Å²) < 4.78 is 14.9. The van der Waals surface area contributed by atoms with Crippen LogP contribution in [0.25, 0.3) is 0 Å².